The van der Waals surface area contributed by atoms with Gasteiger partial charge in [-0.1, -0.05) is 31.2 Å². The SMILES string of the molecule is C[C@H]1C=CC2C=CC[CH][C@@H]2[C@H]1CC[C@@H]1C[C@@H](O)CC(=O)O1. The number of carbonyl (C=O) groups is 1. The summed E-state index contributed by atoms with van der Waals surface area (Å²) in [4.78, 5) is 11.4. The van der Waals surface area contributed by atoms with Crippen molar-refractivity contribution in [3.8, 4) is 0 Å². The summed E-state index contributed by atoms with van der Waals surface area (Å²) in [5.74, 6) is 2.08. The lowest BCUT2D eigenvalue weighted by atomic mass is 9.66. The van der Waals surface area contributed by atoms with Crippen molar-refractivity contribution in [3.05, 3.63) is 30.7 Å². The number of hydrogen-bond acceptors (Lipinski definition) is 3. The Balaban J connectivity index is 1.60. The number of ether oxygens (including phenoxy) is 1. The Morgan fingerprint density at radius 3 is 2.95 bits per heavy atom. The second kappa shape index (κ2) is 6.35. The zero-order valence-corrected chi connectivity index (χ0v) is 12.7. The van der Waals surface area contributed by atoms with Crippen LogP contribution in [0.5, 0.6) is 0 Å². The average molecular weight is 289 g/mol. The molecule has 115 valence electrons. The summed E-state index contributed by atoms with van der Waals surface area (Å²) in [6, 6.07) is 0. The summed E-state index contributed by atoms with van der Waals surface area (Å²) in [6.45, 7) is 2.28. The summed E-state index contributed by atoms with van der Waals surface area (Å²) >= 11 is 0. The molecule has 1 N–H and O–H groups in total. The van der Waals surface area contributed by atoms with Gasteiger partial charge in [0.2, 0.25) is 0 Å². The van der Waals surface area contributed by atoms with E-state index in [1.165, 1.54) is 0 Å². The molecule has 3 heteroatoms. The van der Waals surface area contributed by atoms with Crippen molar-refractivity contribution in [1.82, 2.24) is 0 Å². The third kappa shape index (κ3) is 3.39. The van der Waals surface area contributed by atoms with Gasteiger partial charge in [-0.2, -0.15) is 0 Å². The van der Waals surface area contributed by atoms with Crippen LogP contribution in [0.1, 0.15) is 39.0 Å². The van der Waals surface area contributed by atoms with Crippen molar-refractivity contribution in [2.45, 2.75) is 51.2 Å². The molecule has 6 atom stereocenters. The van der Waals surface area contributed by atoms with Crippen molar-refractivity contribution >= 4 is 5.97 Å². The van der Waals surface area contributed by atoms with Crippen molar-refractivity contribution in [1.29, 1.82) is 0 Å². The van der Waals surface area contributed by atoms with Crippen LogP contribution in [0.15, 0.2) is 24.3 Å². The van der Waals surface area contributed by atoms with Crippen molar-refractivity contribution < 1.29 is 14.6 Å². The number of allylic oxidation sites excluding steroid dienone is 4. The van der Waals surface area contributed by atoms with Gasteiger partial charge in [0.1, 0.15) is 6.10 Å². The van der Waals surface area contributed by atoms with E-state index in [1.54, 1.807) is 0 Å². The molecule has 1 radical (unpaired) electrons. The van der Waals surface area contributed by atoms with E-state index in [1.807, 2.05) is 0 Å². The van der Waals surface area contributed by atoms with Crippen LogP contribution in [-0.4, -0.2) is 23.3 Å². The predicted octanol–water partition coefficient (Wildman–Crippen LogP) is 3.05. The number of hydrogen-bond donors (Lipinski definition) is 1. The molecule has 3 rings (SSSR count). The summed E-state index contributed by atoms with van der Waals surface area (Å²) in [5.41, 5.74) is 0. The Hall–Kier alpha value is -1.09. The van der Waals surface area contributed by atoms with Crippen LogP contribution in [0.25, 0.3) is 0 Å². The fourth-order valence-corrected chi connectivity index (χ4v) is 4.08. The van der Waals surface area contributed by atoms with Gasteiger partial charge in [0.15, 0.2) is 0 Å². The monoisotopic (exact) mass is 289 g/mol. The van der Waals surface area contributed by atoms with Gasteiger partial charge in [-0.15, -0.1) is 0 Å². The first-order valence-corrected chi connectivity index (χ1v) is 8.19. The van der Waals surface area contributed by atoms with Crippen LogP contribution in [0.4, 0.5) is 0 Å². The maximum Gasteiger partial charge on any atom is 0.308 e. The maximum absolute atomic E-state index is 11.4. The third-order valence-electron chi connectivity index (χ3n) is 5.21. The molecular formula is C18H25O3. The number of aliphatic hydroxyl groups excluding tert-OH is 1. The Morgan fingerprint density at radius 2 is 2.14 bits per heavy atom. The molecule has 0 aromatic rings. The zero-order chi connectivity index (χ0) is 14.8. The molecule has 0 amide bonds. The van der Waals surface area contributed by atoms with Crippen LogP contribution in [0.2, 0.25) is 0 Å². The molecule has 0 aromatic carbocycles. The summed E-state index contributed by atoms with van der Waals surface area (Å²) in [7, 11) is 0. The quantitative estimate of drug-likeness (QED) is 0.641. The number of aliphatic hydroxyl groups is 1. The molecule has 3 nitrogen and oxygen atoms in total. The lowest BCUT2D eigenvalue weighted by molar-refractivity contribution is -0.160. The molecule has 1 saturated heterocycles. The molecule has 2 aliphatic carbocycles. The van der Waals surface area contributed by atoms with Gasteiger partial charge in [0.05, 0.1) is 12.5 Å². The summed E-state index contributed by atoms with van der Waals surface area (Å²) in [5, 5.41) is 9.70. The topological polar surface area (TPSA) is 46.5 Å². The average Bonchev–Trinajstić information content (AvgIpc) is 2.45. The van der Waals surface area contributed by atoms with Crippen molar-refractivity contribution in [3.63, 3.8) is 0 Å². The number of cyclic esters (lactones) is 1. The van der Waals surface area contributed by atoms with Gasteiger partial charge >= 0.3 is 5.97 Å². The number of rotatable bonds is 3. The second-order valence-electron chi connectivity index (χ2n) is 6.74. The molecule has 0 bridgehead atoms. The first kappa shape index (κ1) is 14.8. The minimum atomic E-state index is -0.517. The highest BCUT2D eigenvalue weighted by atomic mass is 16.5. The fraction of sp³-hybridized carbons (Fsp3) is 0.667. The minimum absolute atomic E-state index is 0.100. The molecule has 0 saturated carbocycles. The van der Waals surface area contributed by atoms with Gasteiger partial charge in [0, 0.05) is 6.42 Å². The number of fused-ring (bicyclic) bond motifs is 1. The highest BCUT2D eigenvalue weighted by molar-refractivity contribution is 5.70. The number of carbonyl (C=O) groups excluding carboxylic acids is 1. The first-order chi connectivity index (χ1) is 10.1. The minimum Gasteiger partial charge on any atom is -0.462 e. The lowest BCUT2D eigenvalue weighted by Crippen LogP contribution is -2.35. The first-order valence-electron chi connectivity index (χ1n) is 8.19. The van der Waals surface area contributed by atoms with E-state index in [-0.39, 0.29) is 18.5 Å². The maximum atomic E-state index is 11.4. The second-order valence-corrected chi connectivity index (χ2v) is 6.74. The van der Waals surface area contributed by atoms with E-state index in [0.717, 1.165) is 19.3 Å². The smallest absolute Gasteiger partial charge is 0.308 e. The molecule has 1 unspecified atom stereocenters. The molecule has 1 fully saturated rings. The van der Waals surface area contributed by atoms with E-state index < -0.39 is 6.10 Å². The van der Waals surface area contributed by atoms with E-state index in [9.17, 15) is 9.90 Å². The Kier molecular flexibility index (Phi) is 4.48. The zero-order valence-electron chi connectivity index (χ0n) is 12.7. The summed E-state index contributed by atoms with van der Waals surface area (Å²) < 4.78 is 5.38. The van der Waals surface area contributed by atoms with E-state index in [2.05, 4.69) is 37.6 Å². The molecule has 3 aliphatic rings. The Labute approximate surface area is 127 Å². The number of esters is 1. The van der Waals surface area contributed by atoms with E-state index in [4.69, 9.17) is 4.74 Å². The van der Waals surface area contributed by atoms with Crippen LogP contribution < -0.4 is 0 Å². The van der Waals surface area contributed by atoms with Gasteiger partial charge in [-0.25, -0.2) is 0 Å². The van der Waals surface area contributed by atoms with Crippen LogP contribution in [0.3, 0.4) is 0 Å². The van der Waals surface area contributed by atoms with Gasteiger partial charge in [0.25, 0.3) is 0 Å². The van der Waals surface area contributed by atoms with Gasteiger partial charge < -0.3 is 9.84 Å². The van der Waals surface area contributed by atoms with Gasteiger partial charge in [-0.3, -0.25) is 4.79 Å². The van der Waals surface area contributed by atoms with Crippen LogP contribution in [0, 0.1) is 30.1 Å². The highest BCUT2D eigenvalue weighted by Gasteiger charge is 2.35. The predicted molar refractivity (Wildman–Crippen MR) is 81.2 cm³/mol. The standard InChI is InChI=1S/C18H25O3/c1-12-6-7-13-4-2-3-5-17(13)16(12)9-8-15-10-14(19)11-18(20)21-15/h2,4-7,12-17,19H,3,8-11H2,1H3/t12-,13?,14+,15+,16-,17-/m0/s1. The summed E-state index contributed by atoms with van der Waals surface area (Å²) in [6.07, 6.45) is 14.8. The molecule has 1 heterocycles. The Bertz CT molecular complexity index is 440. The largest absolute Gasteiger partial charge is 0.462 e. The Morgan fingerprint density at radius 1 is 1.29 bits per heavy atom. The molecular weight excluding hydrogens is 264 g/mol. The molecule has 1 aliphatic heterocycles. The van der Waals surface area contributed by atoms with Crippen LogP contribution in [-0.2, 0) is 9.53 Å². The lowest BCUT2D eigenvalue weighted by Gasteiger charge is -2.40. The highest BCUT2D eigenvalue weighted by Crippen LogP contribution is 2.42. The third-order valence-corrected chi connectivity index (χ3v) is 5.21. The molecule has 0 aromatic heterocycles. The normalized spacial score (nSPS) is 42.5. The van der Waals surface area contributed by atoms with Crippen molar-refractivity contribution in [2.24, 2.45) is 23.7 Å². The van der Waals surface area contributed by atoms with Gasteiger partial charge in [-0.05, 0) is 49.4 Å². The van der Waals surface area contributed by atoms with E-state index >= 15 is 0 Å². The van der Waals surface area contributed by atoms with E-state index in [0.29, 0.717) is 30.1 Å². The molecule has 21 heavy (non-hydrogen) atoms. The molecule has 0 spiro atoms. The van der Waals surface area contributed by atoms with Crippen LogP contribution >= 0.6 is 0 Å². The fourth-order valence-electron chi connectivity index (χ4n) is 4.08. The van der Waals surface area contributed by atoms with Crippen molar-refractivity contribution in [2.75, 3.05) is 0 Å².